The number of aromatic nitrogens is 5. The third-order valence-electron chi connectivity index (χ3n) is 4.36. The molecular formula is C22H16N6O2S. The summed E-state index contributed by atoms with van der Waals surface area (Å²) < 4.78 is 12.1. The Labute approximate surface area is 181 Å². The fraction of sp³-hybridized carbons (Fsp3) is 0.0455. The Morgan fingerprint density at radius 2 is 1.65 bits per heavy atom. The fourth-order valence-corrected chi connectivity index (χ4v) is 3.79. The molecule has 5 aromatic rings. The van der Waals surface area contributed by atoms with Crippen LogP contribution < -0.4 is 14.8 Å². The number of anilines is 2. The lowest BCUT2D eigenvalue weighted by Crippen LogP contribution is -1.97. The van der Waals surface area contributed by atoms with E-state index in [0.29, 0.717) is 22.9 Å². The lowest BCUT2D eigenvalue weighted by Gasteiger charge is -2.10. The van der Waals surface area contributed by atoms with Crippen molar-refractivity contribution in [2.45, 2.75) is 0 Å². The number of hydrogen-bond donors (Lipinski definition) is 1. The van der Waals surface area contributed by atoms with Gasteiger partial charge < -0.3 is 14.8 Å². The van der Waals surface area contributed by atoms with E-state index in [1.54, 1.807) is 36.1 Å². The molecule has 5 rings (SSSR count). The van der Waals surface area contributed by atoms with Crippen LogP contribution in [0.25, 0.3) is 21.5 Å². The summed E-state index contributed by atoms with van der Waals surface area (Å²) in [7, 11) is 1.52. The van der Waals surface area contributed by atoms with Gasteiger partial charge in [0, 0.05) is 36.0 Å². The molecule has 0 spiro atoms. The number of para-hydroxylation sites is 1. The molecule has 3 heterocycles. The third-order valence-corrected chi connectivity index (χ3v) is 5.31. The molecule has 0 unspecified atom stereocenters. The van der Waals surface area contributed by atoms with Crippen molar-refractivity contribution in [1.82, 2.24) is 24.9 Å². The van der Waals surface area contributed by atoms with Crippen LogP contribution in [0.5, 0.6) is 17.6 Å². The van der Waals surface area contributed by atoms with E-state index in [1.807, 2.05) is 42.5 Å². The first kappa shape index (κ1) is 18.9. The van der Waals surface area contributed by atoms with E-state index in [4.69, 9.17) is 9.47 Å². The number of ether oxygens (including phenoxy) is 2. The number of fused-ring (bicyclic) bond motifs is 1. The maximum absolute atomic E-state index is 5.97. The Morgan fingerprint density at radius 3 is 2.42 bits per heavy atom. The standard InChI is InChI=1S/C22H16N6O2S/c1-29-21-25-12-14(13-26-21)19-20(24-11-10-23-19)30-16-8-6-15(7-9-16)27-22-28-17-4-2-3-5-18(17)31-22/h2-13H,1H3,(H,27,28). The lowest BCUT2D eigenvalue weighted by atomic mass is 10.2. The van der Waals surface area contributed by atoms with Gasteiger partial charge >= 0.3 is 6.01 Å². The molecule has 9 heteroatoms. The van der Waals surface area contributed by atoms with Gasteiger partial charge in [-0.15, -0.1) is 0 Å². The van der Waals surface area contributed by atoms with Crippen LogP contribution in [-0.4, -0.2) is 32.0 Å². The SMILES string of the molecule is COc1ncc(-c2nccnc2Oc2ccc(Nc3nc4ccccc4s3)cc2)cn1. The van der Waals surface area contributed by atoms with E-state index in [2.05, 4.69) is 36.3 Å². The topological polar surface area (TPSA) is 94.9 Å². The quantitative estimate of drug-likeness (QED) is 0.400. The minimum absolute atomic E-state index is 0.284. The molecule has 0 bridgehead atoms. The fourth-order valence-electron chi connectivity index (χ4n) is 2.91. The van der Waals surface area contributed by atoms with Crippen molar-refractivity contribution in [3.63, 3.8) is 0 Å². The van der Waals surface area contributed by atoms with Crippen molar-refractivity contribution in [3.05, 3.63) is 73.3 Å². The minimum atomic E-state index is 0.284. The number of rotatable bonds is 6. The van der Waals surface area contributed by atoms with Crippen LogP contribution in [0.2, 0.25) is 0 Å². The molecule has 0 saturated carbocycles. The first-order valence-corrected chi connectivity index (χ1v) is 10.2. The maximum Gasteiger partial charge on any atom is 0.316 e. The van der Waals surface area contributed by atoms with Gasteiger partial charge in [0.2, 0.25) is 5.88 Å². The van der Waals surface area contributed by atoms with Crippen LogP contribution in [0.15, 0.2) is 73.3 Å². The zero-order chi connectivity index (χ0) is 21.0. The summed E-state index contributed by atoms with van der Waals surface area (Å²) in [5.41, 5.74) is 3.11. The van der Waals surface area contributed by atoms with Gasteiger partial charge in [-0.1, -0.05) is 23.5 Å². The average molecular weight is 428 g/mol. The molecule has 0 aliphatic carbocycles. The highest BCUT2D eigenvalue weighted by atomic mass is 32.1. The van der Waals surface area contributed by atoms with Crippen LogP contribution in [-0.2, 0) is 0 Å². The summed E-state index contributed by atoms with van der Waals surface area (Å²) in [6.45, 7) is 0. The van der Waals surface area contributed by atoms with Crippen molar-refractivity contribution < 1.29 is 9.47 Å². The summed E-state index contributed by atoms with van der Waals surface area (Å²) in [5.74, 6) is 0.995. The Balaban J connectivity index is 1.34. The van der Waals surface area contributed by atoms with E-state index in [0.717, 1.165) is 21.0 Å². The van der Waals surface area contributed by atoms with Crippen molar-refractivity contribution in [3.8, 4) is 28.9 Å². The van der Waals surface area contributed by atoms with Gasteiger partial charge in [-0.2, -0.15) is 0 Å². The second-order valence-corrected chi connectivity index (χ2v) is 7.44. The summed E-state index contributed by atoms with van der Waals surface area (Å²) in [4.78, 5) is 21.5. The van der Waals surface area contributed by atoms with Gasteiger partial charge in [0.15, 0.2) is 5.13 Å². The van der Waals surface area contributed by atoms with E-state index < -0.39 is 0 Å². The molecule has 0 aliphatic rings. The molecule has 3 aromatic heterocycles. The van der Waals surface area contributed by atoms with Crippen LogP contribution in [0.4, 0.5) is 10.8 Å². The molecule has 1 N–H and O–H groups in total. The molecule has 31 heavy (non-hydrogen) atoms. The molecule has 0 saturated heterocycles. The van der Waals surface area contributed by atoms with Crippen molar-refractivity contribution >= 4 is 32.4 Å². The second kappa shape index (κ2) is 8.33. The average Bonchev–Trinajstić information content (AvgIpc) is 3.23. The Bertz CT molecular complexity index is 1290. The molecule has 0 fully saturated rings. The first-order valence-electron chi connectivity index (χ1n) is 9.36. The largest absolute Gasteiger partial charge is 0.467 e. The number of nitrogens with zero attached hydrogens (tertiary/aromatic N) is 5. The maximum atomic E-state index is 5.97. The molecule has 8 nitrogen and oxygen atoms in total. The molecule has 0 amide bonds. The Morgan fingerprint density at radius 1 is 0.871 bits per heavy atom. The second-order valence-electron chi connectivity index (χ2n) is 6.41. The smallest absolute Gasteiger partial charge is 0.316 e. The Hall–Kier alpha value is -4.11. The summed E-state index contributed by atoms with van der Waals surface area (Å²) in [5, 5.41) is 4.17. The normalized spacial score (nSPS) is 10.7. The van der Waals surface area contributed by atoms with Crippen molar-refractivity contribution in [1.29, 1.82) is 0 Å². The van der Waals surface area contributed by atoms with Crippen LogP contribution in [0.1, 0.15) is 0 Å². The van der Waals surface area contributed by atoms with Crippen molar-refractivity contribution in [2.75, 3.05) is 12.4 Å². The van der Waals surface area contributed by atoms with Gasteiger partial charge in [-0.25, -0.2) is 24.9 Å². The zero-order valence-electron chi connectivity index (χ0n) is 16.4. The van der Waals surface area contributed by atoms with E-state index in [-0.39, 0.29) is 6.01 Å². The predicted molar refractivity (Wildman–Crippen MR) is 119 cm³/mol. The summed E-state index contributed by atoms with van der Waals surface area (Å²) >= 11 is 1.61. The molecule has 0 atom stereocenters. The highest BCUT2D eigenvalue weighted by molar-refractivity contribution is 7.22. The van der Waals surface area contributed by atoms with Gasteiger partial charge in [-0.05, 0) is 36.4 Å². The molecule has 0 radical (unpaired) electrons. The number of benzene rings is 2. The van der Waals surface area contributed by atoms with Crippen LogP contribution in [0, 0.1) is 0 Å². The highest BCUT2D eigenvalue weighted by Gasteiger charge is 2.12. The highest BCUT2D eigenvalue weighted by Crippen LogP contribution is 2.31. The lowest BCUT2D eigenvalue weighted by molar-refractivity contribution is 0.380. The third kappa shape index (κ3) is 4.12. The van der Waals surface area contributed by atoms with E-state index in [1.165, 1.54) is 7.11 Å². The molecule has 0 aliphatic heterocycles. The zero-order valence-corrected chi connectivity index (χ0v) is 17.2. The van der Waals surface area contributed by atoms with E-state index in [9.17, 15) is 0 Å². The van der Waals surface area contributed by atoms with Gasteiger partial charge in [0.05, 0.1) is 17.3 Å². The minimum Gasteiger partial charge on any atom is -0.467 e. The number of methoxy groups -OCH3 is 1. The van der Waals surface area contributed by atoms with Crippen LogP contribution in [0.3, 0.4) is 0 Å². The predicted octanol–water partition coefficient (Wildman–Crippen LogP) is 5.09. The number of thiazole rings is 1. The van der Waals surface area contributed by atoms with Gasteiger partial charge in [0.25, 0.3) is 0 Å². The first-order chi connectivity index (χ1) is 15.3. The summed E-state index contributed by atoms with van der Waals surface area (Å²) in [6.07, 6.45) is 6.41. The van der Waals surface area contributed by atoms with E-state index >= 15 is 0 Å². The molecule has 152 valence electrons. The van der Waals surface area contributed by atoms with Gasteiger partial charge in [-0.3, -0.25) is 0 Å². The summed E-state index contributed by atoms with van der Waals surface area (Å²) in [6, 6.07) is 15.9. The Kier molecular flexibility index (Phi) is 5.07. The van der Waals surface area contributed by atoms with Crippen molar-refractivity contribution in [2.24, 2.45) is 0 Å². The molecule has 2 aromatic carbocycles. The monoisotopic (exact) mass is 428 g/mol. The van der Waals surface area contributed by atoms with Gasteiger partial charge in [0.1, 0.15) is 11.4 Å². The number of hydrogen-bond acceptors (Lipinski definition) is 9. The number of nitrogens with one attached hydrogen (secondary N) is 1. The van der Waals surface area contributed by atoms with Crippen LogP contribution >= 0.6 is 11.3 Å². The molecular weight excluding hydrogens is 412 g/mol.